The van der Waals surface area contributed by atoms with Gasteiger partial charge in [-0.1, -0.05) is 12.1 Å². The van der Waals surface area contributed by atoms with E-state index in [-0.39, 0.29) is 6.54 Å². The minimum atomic E-state index is -0.937. The minimum absolute atomic E-state index is 0.198. The van der Waals surface area contributed by atoms with Crippen LogP contribution in [-0.2, 0) is 4.79 Å². The molecule has 1 heterocycles. The van der Waals surface area contributed by atoms with E-state index in [0.29, 0.717) is 17.7 Å². The number of halogens is 1. The molecule has 6 nitrogen and oxygen atoms in total. The maximum Gasteiger partial charge on any atom is 0.322 e. The second kappa shape index (κ2) is 6.47. The molecule has 0 bridgehead atoms. The van der Waals surface area contributed by atoms with E-state index >= 15 is 0 Å². The molecule has 1 aromatic carbocycles. The molecular formula is C15H15IN4O2. The highest BCUT2D eigenvalue weighted by Gasteiger charge is 2.26. The average Bonchev–Trinajstić information content (AvgIpc) is 3.32. The SMILES string of the molecule is O=C(O)CNc1nc(Nc2ccccc2I)cc(C2CC2)n1. The van der Waals surface area contributed by atoms with Crippen LogP contribution in [0, 0.1) is 3.57 Å². The van der Waals surface area contributed by atoms with E-state index in [1.807, 2.05) is 30.3 Å². The van der Waals surface area contributed by atoms with Crippen LogP contribution in [0.1, 0.15) is 24.5 Å². The Morgan fingerprint density at radius 1 is 1.32 bits per heavy atom. The van der Waals surface area contributed by atoms with Crippen LogP contribution in [0.15, 0.2) is 30.3 Å². The lowest BCUT2D eigenvalue weighted by atomic mass is 10.2. The summed E-state index contributed by atoms with van der Waals surface area (Å²) in [5.74, 6) is 0.547. The van der Waals surface area contributed by atoms with E-state index in [9.17, 15) is 4.79 Å². The lowest BCUT2D eigenvalue weighted by molar-refractivity contribution is -0.134. The number of hydrogen-bond donors (Lipinski definition) is 3. The van der Waals surface area contributed by atoms with Gasteiger partial charge in [0.1, 0.15) is 12.4 Å². The first-order chi connectivity index (χ1) is 10.6. The highest BCUT2D eigenvalue weighted by atomic mass is 127. The Morgan fingerprint density at radius 2 is 2.09 bits per heavy atom. The average molecular weight is 410 g/mol. The van der Waals surface area contributed by atoms with Gasteiger partial charge in [0, 0.05) is 15.6 Å². The molecule has 3 N–H and O–H groups in total. The molecule has 0 aliphatic heterocycles. The van der Waals surface area contributed by atoms with Gasteiger partial charge in [-0.15, -0.1) is 0 Å². The molecule has 22 heavy (non-hydrogen) atoms. The summed E-state index contributed by atoms with van der Waals surface area (Å²) in [5, 5.41) is 14.8. The van der Waals surface area contributed by atoms with Crippen molar-refractivity contribution < 1.29 is 9.90 Å². The van der Waals surface area contributed by atoms with Gasteiger partial charge < -0.3 is 15.7 Å². The van der Waals surface area contributed by atoms with Gasteiger partial charge in [-0.3, -0.25) is 4.79 Å². The third-order valence-electron chi connectivity index (χ3n) is 3.28. The van der Waals surface area contributed by atoms with Crippen molar-refractivity contribution in [2.75, 3.05) is 17.2 Å². The zero-order valence-corrected chi connectivity index (χ0v) is 13.9. The molecule has 1 saturated carbocycles. The van der Waals surface area contributed by atoms with Gasteiger partial charge in [-0.25, -0.2) is 4.98 Å². The van der Waals surface area contributed by atoms with Crippen molar-refractivity contribution in [1.82, 2.24) is 9.97 Å². The first-order valence-corrected chi connectivity index (χ1v) is 8.06. The van der Waals surface area contributed by atoms with Gasteiger partial charge >= 0.3 is 5.97 Å². The number of rotatable bonds is 6. The Labute approximate surface area is 141 Å². The van der Waals surface area contributed by atoms with E-state index in [2.05, 4.69) is 43.2 Å². The number of carboxylic acids is 1. The number of para-hydroxylation sites is 1. The van der Waals surface area contributed by atoms with Gasteiger partial charge in [-0.05, 0) is 47.6 Å². The third-order valence-corrected chi connectivity index (χ3v) is 4.22. The van der Waals surface area contributed by atoms with Crippen molar-refractivity contribution in [3.63, 3.8) is 0 Å². The van der Waals surface area contributed by atoms with Crippen molar-refractivity contribution in [3.05, 3.63) is 39.6 Å². The van der Waals surface area contributed by atoms with Crippen LogP contribution < -0.4 is 10.6 Å². The number of hydrogen-bond acceptors (Lipinski definition) is 5. The zero-order valence-electron chi connectivity index (χ0n) is 11.7. The summed E-state index contributed by atoms with van der Waals surface area (Å²) in [7, 11) is 0. The number of carboxylic acid groups (broad SMARTS) is 1. The Hall–Kier alpha value is -1.90. The first-order valence-electron chi connectivity index (χ1n) is 6.98. The molecule has 3 rings (SSSR count). The second-order valence-electron chi connectivity index (χ2n) is 5.13. The molecule has 0 amide bonds. The molecule has 1 aromatic heterocycles. The largest absolute Gasteiger partial charge is 0.480 e. The predicted octanol–water partition coefficient (Wildman–Crippen LogP) is 3.20. The smallest absolute Gasteiger partial charge is 0.322 e. The molecule has 0 radical (unpaired) electrons. The van der Waals surface area contributed by atoms with Crippen LogP contribution in [0.2, 0.25) is 0 Å². The standard InChI is InChI=1S/C15H15IN4O2/c16-10-3-1-2-4-11(10)18-13-7-12(9-5-6-9)19-15(20-13)17-8-14(21)22/h1-4,7,9H,5-6,8H2,(H,21,22)(H2,17,18,19,20). The van der Waals surface area contributed by atoms with Crippen LogP contribution in [0.4, 0.5) is 17.5 Å². The van der Waals surface area contributed by atoms with E-state index in [1.165, 1.54) is 0 Å². The zero-order chi connectivity index (χ0) is 15.5. The molecule has 0 unspecified atom stereocenters. The van der Waals surface area contributed by atoms with Gasteiger partial charge in [-0.2, -0.15) is 4.98 Å². The molecule has 1 aliphatic rings. The van der Waals surface area contributed by atoms with E-state index < -0.39 is 5.97 Å². The van der Waals surface area contributed by atoms with Crippen LogP contribution in [0.5, 0.6) is 0 Å². The topological polar surface area (TPSA) is 87.1 Å². The number of carbonyl (C=O) groups is 1. The van der Waals surface area contributed by atoms with Crippen LogP contribution >= 0.6 is 22.6 Å². The number of aliphatic carboxylic acids is 1. The fourth-order valence-electron chi connectivity index (χ4n) is 2.05. The predicted molar refractivity (Wildman–Crippen MR) is 92.6 cm³/mol. The molecule has 0 saturated heterocycles. The molecule has 0 spiro atoms. The maximum absolute atomic E-state index is 10.7. The number of anilines is 3. The summed E-state index contributed by atoms with van der Waals surface area (Å²) >= 11 is 2.26. The number of nitrogens with zero attached hydrogens (tertiary/aromatic N) is 2. The summed E-state index contributed by atoms with van der Waals surface area (Å²) in [6.45, 7) is -0.198. The van der Waals surface area contributed by atoms with Crippen molar-refractivity contribution in [2.24, 2.45) is 0 Å². The lowest BCUT2D eigenvalue weighted by Gasteiger charge is -2.11. The van der Waals surface area contributed by atoms with Crippen molar-refractivity contribution in [3.8, 4) is 0 Å². The Balaban J connectivity index is 1.85. The van der Waals surface area contributed by atoms with Crippen LogP contribution in [0.3, 0.4) is 0 Å². The summed E-state index contributed by atoms with van der Waals surface area (Å²) in [6.07, 6.45) is 2.25. The molecule has 2 aromatic rings. The monoisotopic (exact) mass is 410 g/mol. The van der Waals surface area contributed by atoms with Crippen LogP contribution in [0.25, 0.3) is 0 Å². The Bertz CT molecular complexity index is 704. The Morgan fingerprint density at radius 3 is 2.77 bits per heavy atom. The minimum Gasteiger partial charge on any atom is -0.480 e. The molecule has 1 aliphatic carbocycles. The van der Waals surface area contributed by atoms with E-state index in [0.717, 1.165) is 27.8 Å². The molecule has 1 fully saturated rings. The highest BCUT2D eigenvalue weighted by molar-refractivity contribution is 14.1. The van der Waals surface area contributed by atoms with Crippen molar-refractivity contribution in [2.45, 2.75) is 18.8 Å². The van der Waals surface area contributed by atoms with Gasteiger partial charge in [0.15, 0.2) is 0 Å². The summed E-state index contributed by atoms with van der Waals surface area (Å²) in [4.78, 5) is 19.4. The summed E-state index contributed by atoms with van der Waals surface area (Å²) < 4.78 is 1.09. The molecule has 7 heteroatoms. The van der Waals surface area contributed by atoms with Gasteiger partial charge in [0.2, 0.25) is 5.95 Å². The fourth-order valence-corrected chi connectivity index (χ4v) is 2.57. The quantitative estimate of drug-likeness (QED) is 0.635. The number of benzene rings is 1. The van der Waals surface area contributed by atoms with E-state index in [1.54, 1.807) is 0 Å². The number of aromatic nitrogens is 2. The van der Waals surface area contributed by atoms with Crippen molar-refractivity contribution in [1.29, 1.82) is 0 Å². The van der Waals surface area contributed by atoms with E-state index in [4.69, 9.17) is 5.11 Å². The molecule has 114 valence electrons. The number of nitrogens with one attached hydrogen (secondary N) is 2. The summed E-state index contributed by atoms with van der Waals surface area (Å²) in [6, 6.07) is 9.85. The third kappa shape index (κ3) is 3.85. The van der Waals surface area contributed by atoms with Gasteiger partial charge in [0.25, 0.3) is 0 Å². The maximum atomic E-state index is 10.7. The first kappa shape index (κ1) is 15.0. The fraction of sp³-hybridized carbons (Fsp3) is 0.267. The Kier molecular flexibility index (Phi) is 4.41. The highest BCUT2D eigenvalue weighted by Crippen LogP contribution is 2.40. The van der Waals surface area contributed by atoms with Gasteiger partial charge in [0.05, 0.1) is 11.4 Å². The van der Waals surface area contributed by atoms with Crippen LogP contribution in [-0.4, -0.2) is 27.6 Å². The lowest BCUT2D eigenvalue weighted by Crippen LogP contribution is -2.15. The molecular weight excluding hydrogens is 395 g/mol. The second-order valence-corrected chi connectivity index (χ2v) is 6.29. The summed E-state index contributed by atoms with van der Waals surface area (Å²) in [5.41, 5.74) is 1.92. The molecule has 0 atom stereocenters. The normalized spacial score (nSPS) is 13.7. The van der Waals surface area contributed by atoms with Crippen molar-refractivity contribution >= 4 is 46.0 Å².